The van der Waals surface area contributed by atoms with Crippen LogP contribution in [0.2, 0.25) is 0 Å². The third-order valence-corrected chi connectivity index (χ3v) is 4.03. The fourth-order valence-corrected chi connectivity index (χ4v) is 2.56. The lowest BCUT2D eigenvalue weighted by Crippen LogP contribution is -2.17. The van der Waals surface area contributed by atoms with E-state index in [2.05, 4.69) is 0 Å². The van der Waals surface area contributed by atoms with Gasteiger partial charge in [0.1, 0.15) is 11.5 Å². The molecule has 10 heteroatoms. The van der Waals surface area contributed by atoms with Crippen molar-refractivity contribution in [2.24, 2.45) is 0 Å². The maximum absolute atomic E-state index is 13.0. The van der Waals surface area contributed by atoms with E-state index in [-0.39, 0.29) is 30.1 Å². The Morgan fingerprint density at radius 2 is 1.60 bits per heavy atom. The highest BCUT2D eigenvalue weighted by molar-refractivity contribution is 5.80. The molecule has 4 nitrogen and oxygen atoms in total. The van der Waals surface area contributed by atoms with Crippen molar-refractivity contribution >= 4 is 6.21 Å². The summed E-state index contributed by atoms with van der Waals surface area (Å²) < 4.78 is 88.7. The first-order valence-corrected chi connectivity index (χ1v) is 8.58. The van der Waals surface area contributed by atoms with Gasteiger partial charge in [-0.05, 0) is 43.3 Å². The molecule has 0 saturated heterocycles. The van der Waals surface area contributed by atoms with Crippen molar-refractivity contribution in [3.8, 4) is 17.6 Å². The average molecular weight is 430 g/mol. The Labute approximate surface area is 168 Å². The number of alkyl halides is 6. The summed E-state index contributed by atoms with van der Waals surface area (Å²) in [4.78, 5) is 0. The summed E-state index contributed by atoms with van der Waals surface area (Å²) in [5.74, 6) is -0.152. The molecular weight excluding hydrogens is 414 g/mol. The lowest BCUT2D eigenvalue weighted by Gasteiger charge is -2.17. The van der Waals surface area contributed by atoms with Crippen LogP contribution in [0.15, 0.2) is 36.4 Å². The average Bonchev–Trinajstić information content (AvgIpc) is 2.66. The zero-order chi connectivity index (χ0) is 22.5. The number of rotatable bonds is 7. The van der Waals surface area contributed by atoms with E-state index in [9.17, 15) is 26.3 Å². The molecule has 2 aromatic rings. The predicted molar refractivity (Wildman–Crippen MR) is 95.7 cm³/mol. The SMILES string of the molecule is CC(CCOc1ccc(C=N)c(C(F)(F)F)c1)Oc1ccc(C#N)c(C(F)(F)F)c1. The van der Waals surface area contributed by atoms with Crippen molar-refractivity contribution in [3.05, 3.63) is 58.7 Å². The molecule has 1 atom stereocenters. The van der Waals surface area contributed by atoms with Crippen molar-refractivity contribution in [2.75, 3.05) is 6.61 Å². The van der Waals surface area contributed by atoms with E-state index >= 15 is 0 Å². The summed E-state index contributed by atoms with van der Waals surface area (Å²) in [6.45, 7) is 1.51. The summed E-state index contributed by atoms with van der Waals surface area (Å²) in [7, 11) is 0. The number of nitriles is 1. The molecule has 0 fully saturated rings. The normalized spacial score (nSPS) is 12.7. The fourth-order valence-electron chi connectivity index (χ4n) is 2.56. The highest BCUT2D eigenvalue weighted by Gasteiger charge is 2.34. The summed E-state index contributed by atoms with van der Waals surface area (Å²) in [6.07, 6.45) is -9.20. The predicted octanol–water partition coefficient (Wildman–Crippen LogP) is 5.83. The highest BCUT2D eigenvalue weighted by Crippen LogP contribution is 2.35. The number of hydrogen-bond acceptors (Lipinski definition) is 4. The molecule has 1 unspecified atom stereocenters. The molecule has 160 valence electrons. The highest BCUT2D eigenvalue weighted by atomic mass is 19.4. The number of nitrogens with zero attached hydrogens (tertiary/aromatic N) is 1. The van der Waals surface area contributed by atoms with Crippen LogP contribution in [-0.2, 0) is 12.4 Å². The zero-order valence-electron chi connectivity index (χ0n) is 15.6. The molecule has 0 bridgehead atoms. The van der Waals surface area contributed by atoms with Crippen LogP contribution < -0.4 is 9.47 Å². The van der Waals surface area contributed by atoms with Crippen molar-refractivity contribution < 1.29 is 35.8 Å². The number of ether oxygens (including phenoxy) is 2. The Morgan fingerprint density at radius 3 is 2.17 bits per heavy atom. The molecule has 0 radical (unpaired) electrons. The zero-order valence-corrected chi connectivity index (χ0v) is 15.6. The van der Waals surface area contributed by atoms with Crippen LogP contribution in [0, 0.1) is 16.7 Å². The smallest absolute Gasteiger partial charge is 0.417 e. The van der Waals surface area contributed by atoms with E-state index in [1.165, 1.54) is 18.2 Å². The minimum Gasteiger partial charge on any atom is -0.493 e. The maximum atomic E-state index is 13.0. The van der Waals surface area contributed by atoms with Gasteiger partial charge in [0, 0.05) is 18.2 Å². The van der Waals surface area contributed by atoms with Gasteiger partial charge in [-0.1, -0.05) is 0 Å². The quantitative estimate of drug-likeness (QED) is 0.444. The number of nitrogens with one attached hydrogen (secondary N) is 1. The van der Waals surface area contributed by atoms with Gasteiger partial charge in [0.2, 0.25) is 0 Å². The molecule has 0 aromatic heterocycles. The second kappa shape index (κ2) is 9.07. The minimum absolute atomic E-state index is 0.0508. The van der Waals surface area contributed by atoms with Gasteiger partial charge in [0.05, 0.1) is 35.5 Å². The molecule has 2 rings (SSSR count). The first-order chi connectivity index (χ1) is 14.0. The van der Waals surface area contributed by atoms with Crippen molar-refractivity contribution in [1.82, 2.24) is 0 Å². The van der Waals surface area contributed by atoms with Gasteiger partial charge in [-0.3, -0.25) is 0 Å². The van der Waals surface area contributed by atoms with Crippen LogP contribution >= 0.6 is 0 Å². The van der Waals surface area contributed by atoms with Crippen LogP contribution in [0.1, 0.15) is 35.6 Å². The Hall–Kier alpha value is -3.22. The van der Waals surface area contributed by atoms with Crippen LogP contribution in [0.25, 0.3) is 0 Å². The Kier molecular flexibility index (Phi) is 6.97. The van der Waals surface area contributed by atoms with Crippen LogP contribution in [0.4, 0.5) is 26.3 Å². The van der Waals surface area contributed by atoms with E-state index in [1.54, 1.807) is 6.92 Å². The van der Waals surface area contributed by atoms with Gasteiger partial charge in [-0.2, -0.15) is 31.6 Å². The van der Waals surface area contributed by atoms with Gasteiger partial charge < -0.3 is 14.9 Å². The van der Waals surface area contributed by atoms with E-state index in [4.69, 9.17) is 20.1 Å². The second-order valence-electron chi connectivity index (χ2n) is 6.27. The Morgan fingerprint density at radius 1 is 1.00 bits per heavy atom. The van der Waals surface area contributed by atoms with E-state index in [1.807, 2.05) is 0 Å². The van der Waals surface area contributed by atoms with E-state index in [0.717, 1.165) is 24.3 Å². The van der Waals surface area contributed by atoms with Gasteiger partial charge in [0.15, 0.2) is 0 Å². The molecule has 1 N–H and O–H groups in total. The second-order valence-corrected chi connectivity index (χ2v) is 6.27. The molecule has 0 aliphatic heterocycles. The van der Waals surface area contributed by atoms with Crippen LogP contribution in [0.5, 0.6) is 11.5 Å². The molecule has 0 aliphatic carbocycles. The van der Waals surface area contributed by atoms with Crippen LogP contribution in [-0.4, -0.2) is 18.9 Å². The first-order valence-electron chi connectivity index (χ1n) is 8.58. The molecule has 0 heterocycles. The molecular formula is C20H16F6N2O2. The maximum Gasteiger partial charge on any atom is 0.417 e. The Balaban J connectivity index is 2.00. The monoisotopic (exact) mass is 430 g/mol. The number of halogens is 6. The summed E-state index contributed by atoms with van der Waals surface area (Å²) >= 11 is 0. The third-order valence-electron chi connectivity index (χ3n) is 4.03. The molecule has 0 amide bonds. The minimum atomic E-state index is -4.71. The van der Waals surface area contributed by atoms with Crippen molar-refractivity contribution in [3.63, 3.8) is 0 Å². The molecule has 0 saturated carbocycles. The molecule has 2 aromatic carbocycles. The molecule has 0 spiro atoms. The summed E-state index contributed by atoms with van der Waals surface area (Å²) in [6, 6.07) is 7.61. The lowest BCUT2D eigenvalue weighted by molar-refractivity contribution is -0.138. The van der Waals surface area contributed by atoms with Gasteiger partial charge in [0.25, 0.3) is 0 Å². The van der Waals surface area contributed by atoms with E-state index in [0.29, 0.717) is 6.21 Å². The topological polar surface area (TPSA) is 66.1 Å². The largest absolute Gasteiger partial charge is 0.493 e. The first kappa shape index (κ1) is 23.1. The molecule has 0 aliphatic rings. The summed E-state index contributed by atoms with van der Waals surface area (Å²) in [5.41, 5.74) is -2.94. The van der Waals surface area contributed by atoms with Crippen LogP contribution in [0.3, 0.4) is 0 Å². The number of hydrogen-bond donors (Lipinski definition) is 1. The standard InChI is InChI=1S/C20H16F6N2O2/c1-12(30-16-5-3-14(11-28)18(9-16)20(24,25)26)6-7-29-15-4-2-13(10-27)17(8-15)19(21,22)23/h2-5,8-10,12,27H,6-7H2,1H3. The fraction of sp³-hybridized carbons (Fsp3) is 0.300. The summed E-state index contributed by atoms with van der Waals surface area (Å²) in [5, 5.41) is 15.8. The molecule has 30 heavy (non-hydrogen) atoms. The van der Waals surface area contributed by atoms with Gasteiger partial charge >= 0.3 is 12.4 Å². The van der Waals surface area contributed by atoms with Gasteiger partial charge in [-0.15, -0.1) is 0 Å². The number of benzene rings is 2. The van der Waals surface area contributed by atoms with E-state index < -0.39 is 35.1 Å². The van der Waals surface area contributed by atoms with Crippen molar-refractivity contribution in [1.29, 1.82) is 10.7 Å². The third kappa shape index (κ3) is 5.89. The lowest BCUT2D eigenvalue weighted by atomic mass is 10.1. The van der Waals surface area contributed by atoms with Crippen molar-refractivity contribution in [2.45, 2.75) is 31.8 Å². The van der Waals surface area contributed by atoms with Gasteiger partial charge in [-0.25, -0.2) is 0 Å². The Bertz CT molecular complexity index is 948.